The van der Waals surface area contributed by atoms with Gasteiger partial charge in [0, 0.05) is 6.04 Å². The van der Waals surface area contributed by atoms with Crippen LogP contribution in [0.1, 0.15) is 44.9 Å². The van der Waals surface area contributed by atoms with Crippen molar-refractivity contribution < 1.29 is 0 Å². The van der Waals surface area contributed by atoms with Crippen molar-refractivity contribution in [2.75, 3.05) is 7.05 Å². The Kier molecular flexibility index (Phi) is 5.14. The van der Waals surface area contributed by atoms with E-state index in [-0.39, 0.29) is 0 Å². The summed E-state index contributed by atoms with van der Waals surface area (Å²) in [5, 5.41) is 3.27. The molecule has 0 spiro atoms. The Morgan fingerprint density at radius 3 is 2.62 bits per heavy atom. The summed E-state index contributed by atoms with van der Waals surface area (Å²) in [6.45, 7) is 3.83. The standard InChI is InChI=1S/C12H23N/c1-3-12(13-2)10-9-11-7-5-4-6-8-11/h3,11-13H,1,4-10H2,2H3. The van der Waals surface area contributed by atoms with E-state index in [0.717, 1.165) is 5.92 Å². The molecule has 0 heterocycles. The molecule has 0 aliphatic heterocycles. The van der Waals surface area contributed by atoms with Crippen LogP contribution in [-0.4, -0.2) is 13.1 Å². The first-order valence-electron chi connectivity index (χ1n) is 5.66. The van der Waals surface area contributed by atoms with E-state index in [4.69, 9.17) is 0 Å². The highest BCUT2D eigenvalue weighted by molar-refractivity contribution is 4.85. The number of hydrogen-bond donors (Lipinski definition) is 1. The van der Waals surface area contributed by atoms with E-state index in [1.54, 1.807) is 0 Å². The van der Waals surface area contributed by atoms with Gasteiger partial charge in [-0.15, -0.1) is 6.58 Å². The summed E-state index contributed by atoms with van der Waals surface area (Å²) in [5.74, 6) is 1.00. The van der Waals surface area contributed by atoms with E-state index in [2.05, 4.69) is 11.9 Å². The number of likely N-dealkylation sites (N-methyl/N-ethyl adjacent to an activating group) is 1. The van der Waals surface area contributed by atoms with Crippen LogP contribution in [0, 0.1) is 5.92 Å². The first kappa shape index (κ1) is 10.8. The average molecular weight is 181 g/mol. The van der Waals surface area contributed by atoms with Gasteiger partial charge in [-0.2, -0.15) is 0 Å². The summed E-state index contributed by atoms with van der Waals surface area (Å²) < 4.78 is 0. The Balaban J connectivity index is 2.12. The Bertz CT molecular complexity index is 136. The summed E-state index contributed by atoms with van der Waals surface area (Å²) in [4.78, 5) is 0. The number of hydrogen-bond acceptors (Lipinski definition) is 1. The minimum absolute atomic E-state index is 0.530. The van der Waals surface area contributed by atoms with E-state index in [1.807, 2.05) is 13.1 Å². The third-order valence-electron chi connectivity index (χ3n) is 3.27. The van der Waals surface area contributed by atoms with Crippen LogP contribution in [0.15, 0.2) is 12.7 Å². The van der Waals surface area contributed by atoms with Crippen molar-refractivity contribution in [3.8, 4) is 0 Å². The maximum Gasteiger partial charge on any atom is 0.0244 e. The van der Waals surface area contributed by atoms with Gasteiger partial charge in [-0.1, -0.05) is 38.2 Å². The normalized spacial score (nSPS) is 21.3. The van der Waals surface area contributed by atoms with Gasteiger partial charge >= 0.3 is 0 Å². The molecular formula is C12H23N. The monoisotopic (exact) mass is 181 g/mol. The molecule has 1 nitrogen and oxygen atoms in total. The zero-order valence-electron chi connectivity index (χ0n) is 8.89. The Morgan fingerprint density at radius 1 is 1.38 bits per heavy atom. The minimum Gasteiger partial charge on any atom is -0.314 e. The van der Waals surface area contributed by atoms with Crippen molar-refractivity contribution in [2.24, 2.45) is 5.92 Å². The molecule has 0 saturated heterocycles. The van der Waals surface area contributed by atoms with Gasteiger partial charge in [-0.05, 0) is 25.8 Å². The summed E-state index contributed by atoms with van der Waals surface area (Å²) in [5.41, 5.74) is 0. The first-order valence-corrected chi connectivity index (χ1v) is 5.66. The molecule has 0 amide bonds. The zero-order chi connectivity index (χ0) is 9.52. The van der Waals surface area contributed by atoms with Crippen LogP contribution in [-0.2, 0) is 0 Å². The number of nitrogens with one attached hydrogen (secondary N) is 1. The summed E-state index contributed by atoms with van der Waals surface area (Å²) in [6, 6.07) is 0.530. The third-order valence-corrected chi connectivity index (χ3v) is 3.27. The molecule has 0 aromatic heterocycles. The second kappa shape index (κ2) is 6.20. The lowest BCUT2D eigenvalue weighted by Gasteiger charge is -2.22. The van der Waals surface area contributed by atoms with Crippen molar-refractivity contribution in [3.63, 3.8) is 0 Å². The van der Waals surface area contributed by atoms with Gasteiger partial charge in [0.15, 0.2) is 0 Å². The van der Waals surface area contributed by atoms with Crippen molar-refractivity contribution in [1.82, 2.24) is 5.32 Å². The second-order valence-electron chi connectivity index (χ2n) is 4.21. The fourth-order valence-electron chi connectivity index (χ4n) is 2.27. The van der Waals surface area contributed by atoms with Crippen LogP contribution in [0.5, 0.6) is 0 Å². The Hall–Kier alpha value is -0.300. The van der Waals surface area contributed by atoms with Gasteiger partial charge in [0.25, 0.3) is 0 Å². The molecule has 13 heavy (non-hydrogen) atoms. The highest BCUT2D eigenvalue weighted by Gasteiger charge is 2.14. The molecule has 1 N–H and O–H groups in total. The van der Waals surface area contributed by atoms with Crippen LogP contribution < -0.4 is 5.32 Å². The van der Waals surface area contributed by atoms with E-state index in [0.29, 0.717) is 6.04 Å². The lowest BCUT2D eigenvalue weighted by Crippen LogP contribution is -2.23. The van der Waals surface area contributed by atoms with Gasteiger partial charge in [0.2, 0.25) is 0 Å². The van der Waals surface area contributed by atoms with Crippen molar-refractivity contribution in [2.45, 2.75) is 51.0 Å². The molecule has 76 valence electrons. The van der Waals surface area contributed by atoms with Gasteiger partial charge in [0.05, 0.1) is 0 Å². The fourth-order valence-corrected chi connectivity index (χ4v) is 2.27. The van der Waals surface area contributed by atoms with Crippen LogP contribution in [0.4, 0.5) is 0 Å². The van der Waals surface area contributed by atoms with E-state index in [9.17, 15) is 0 Å². The number of rotatable bonds is 5. The van der Waals surface area contributed by atoms with Crippen LogP contribution >= 0.6 is 0 Å². The maximum atomic E-state index is 3.83. The molecule has 0 radical (unpaired) electrons. The van der Waals surface area contributed by atoms with Gasteiger partial charge in [-0.25, -0.2) is 0 Å². The SMILES string of the molecule is C=CC(CCC1CCCCC1)NC. The molecular weight excluding hydrogens is 158 g/mol. The summed E-state index contributed by atoms with van der Waals surface area (Å²) >= 11 is 0. The first-order chi connectivity index (χ1) is 6.36. The lowest BCUT2D eigenvalue weighted by molar-refractivity contribution is 0.324. The minimum atomic E-state index is 0.530. The molecule has 0 bridgehead atoms. The zero-order valence-corrected chi connectivity index (χ0v) is 8.89. The van der Waals surface area contributed by atoms with Crippen LogP contribution in [0.3, 0.4) is 0 Å². The second-order valence-corrected chi connectivity index (χ2v) is 4.21. The Labute approximate surface area is 82.6 Å². The third kappa shape index (κ3) is 3.95. The molecule has 1 heteroatoms. The largest absolute Gasteiger partial charge is 0.314 e. The van der Waals surface area contributed by atoms with Crippen molar-refractivity contribution in [3.05, 3.63) is 12.7 Å². The molecule has 1 rings (SSSR count). The quantitative estimate of drug-likeness (QED) is 0.643. The van der Waals surface area contributed by atoms with E-state index >= 15 is 0 Å². The molecule has 1 atom stereocenters. The molecule has 0 aromatic carbocycles. The molecule has 1 aliphatic carbocycles. The molecule has 1 fully saturated rings. The highest BCUT2D eigenvalue weighted by Crippen LogP contribution is 2.27. The Morgan fingerprint density at radius 2 is 2.08 bits per heavy atom. The summed E-state index contributed by atoms with van der Waals surface area (Å²) in [6.07, 6.45) is 12.0. The van der Waals surface area contributed by atoms with E-state index < -0.39 is 0 Å². The highest BCUT2D eigenvalue weighted by atomic mass is 14.8. The van der Waals surface area contributed by atoms with Gasteiger partial charge < -0.3 is 5.32 Å². The smallest absolute Gasteiger partial charge is 0.0244 e. The predicted molar refractivity (Wildman–Crippen MR) is 58.9 cm³/mol. The van der Waals surface area contributed by atoms with Crippen molar-refractivity contribution in [1.29, 1.82) is 0 Å². The molecule has 1 saturated carbocycles. The molecule has 1 aliphatic rings. The van der Waals surface area contributed by atoms with Crippen LogP contribution in [0.25, 0.3) is 0 Å². The van der Waals surface area contributed by atoms with Crippen LogP contribution in [0.2, 0.25) is 0 Å². The van der Waals surface area contributed by atoms with Gasteiger partial charge in [0.1, 0.15) is 0 Å². The predicted octanol–water partition coefficient (Wildman–Crippen LogP) is 3.12. The molecule has 0 aromatic rings. The van der Waals surface area contributed by atoms with Gasteiger partial charge in [-0.3, -0.25) is 0 Å². The maximum absolute atomic E-state index is 3.83. The molecule has 1 unspecified atom stereocenters. The van der Waals surface area contributed by atoms with E-state index in [1.165, 1.54) is 44.9 Å². The summed E-state index contributed by atoms with van der Waals surface area (Å²) in [7, 11) is 2.02. The fraction of sp³-hybridized carbons (Fsp3) is 0.833. The topological polar surface area (TPSA) is 12.0 Å². The average Bonchev–Trinajstić information content (AvgIpc) is 2.21. The lowest BCUT2D eigenvalue weighted by atomic mass is 9.85. The van der Waals surface area contributed by atoms with Crippen molar-refractivity contribution >= 4 is 0 Å².